The van der Waals surface area contributed by atoms with Crippen molar-refractivity contribution >= 4 is 0 Å². The van der Waals surface area contributed by atoms with Crippen LogP contribution in [0.3, 0.4) is 0 Å². The highest BCUT2D eigenvalue weighted by Crippen LogP contribution is 2.08. The zero-order valence-electron chi connectivity index (χ0n) is 7.29. The number of hydrogen-bond donors (Lipinski definition) is 1. The maximum atomic E-state index is 9.10. The lowest BCUT2D eigenvalue weighted by molar-refractivity contribution is -0.112. The Hall–Kier alpha value is -0.120. The smallest absolute Gasteiger partial charge is 0.0958 e. The first kappa shape index (κ1) is 8.97. The van der Waals surface area contributed by atoms with Crippen LogP contribution in [0.1, 0.15) is 20.3 Å². The molecule has 0 aromatic heterocycles. The van der Waals surface area contributed by atoms with E-state index in [2.05, 4.69) is 13.8 Å². The van der Waals surface area contributed by atoms with Crippen molar-refractivity contribution in [1.29, 1.82) is 0 Å². The first-order valence-electron chi connectivity index (χ1n) is 4.24. The van der Waals surface area contributed by atoms with E-state index >= 15 is 0 Å². The lowest BCUT2D eigenvalue weighted by atomic mass is 10.1. The van der Waals surface area contributed by atoms with E-state index in [9.17, 15) is 0 Å². The average molecular weight is 159 g/mol. The van der Waals surface area contributed by atoms with Crippen LogP contribution in [0, 0.1) is 5.92 Å². The van der Waals surface area contributed by atoms with E-state index in [1.165, 1.54) is 0 Å². The summed E-state index contributed by atoms with van der Waals surface area (Å²) in [5, 5.41) is 11.0. The van der Waals surface area contributed by atoms with E-state index in [1.54, 1.807) is 0 Å². The molecular formula is C8H17NO2. The Balaban J connectivity index is 2.08. The van der Waals surface area contributed by atoms with E-state index in [0.717, 1.165) is 13.0 Å². The SMILES string of the molecule is CC(C)CCN1C[C@@H](O)CO1. The molecule has 1 heterocycles. The van der Waals surface area contributed by atoms with Gasteiger partial charge in [0.25, 0.3) is 0 Å². The molecule has 1 aliphatic heterocycles. The highest BCUT2D eigenvalue weighted by atomic mass is 16.7. The maximum Gasteiger partial charge on any atom is 0.0958 e. The summed E-state index contributed by atoms with van der Waals surface area (Å²) in [5.41, 5.74) is 0. The van der Waals surface area contributed by atoms with Gasteiger partial charge in [0.1, 0.15) is 0 Å². The van der Waals surface area contributed by atoms with Crippen molar-refractivity contribution in [3.8, 4) is 0 Å². The number of nitrogens with zero attached hydrogens (tertiary/aromatic N) is 1. The monoisotopic (exact) mass is 159 g/mol. The first-order valence-corrected chi connectivity index (χ1v) is 4.24. The Kier molecular flexibility index (Phi) is 3.30. The Morgan fingerprint density at radius 1 is 1.64 bits per heavy atom. The zero-order chi connectivity index (χ0) is 8.27. The molecule has 0 aliphatic carbocycles. The minimum atomic E-state index is -0.276. The molecule has 0 saturated carbocycles. The highest BCUT2D eigenvalue weighted by Gasteiger charge is 2.20. The maximum absolute atomic E-state index is 9.10. The Bertz CT molecular complexity index is 117. The molecule has 0 bridgehead atoms. The van der Waals surface area contributed by atoms with Gasteiger partial charge in [-0.3, -0.25) is 4.84 Å². The second-order valence-corrected chi connectivity index (χ2v) is 3.52. The van der Waals surface area contributed by atoms with Crippen LogP contribution in [0.4, 0.5) is 0 Å². The fourth-order valence-corrected chi connectivity index (χ4v) is 1.09. The van der Waals surface area contributed by atoms with Crippen molar-refractivity contribution in [2.75, 3.05) is 19.7 Å². The van der Waals surface area contributed by atoms with Crippen molar-refractivity contribution in [3.05, 3.63) is 0 Å². The molecule has 1 N–H and O–H groups in total. The molecule has 1 saturated heterocycles. The number of β-amino-alcohol motifs (C(OH)–C–C–N with tert-alkyl or cyclic N) is 1. The largest absolute Gasteiger partial charge is 0.389 e. The van der Waals surface area contributed by atoms with E-state index in [1.807, 2.05) is 5.06 Å². The van der Waals surface area contributed by atoms with Gasteiger partial charge in [-0.05, 0) is 12.3 Å². The van der Waals surface area contributed by atoms with E-state index < -0.39 is 0 Å². The van der Waals surface area contributed by atoms with Gasteiger partial charge in [0.05, 0.1) is 19.3 Å². The Morgan fingerprint density at radius 3 is 2.82 bits per heavy atom. The molecule has 1 atom stereocenters. The summed E-state index contributed by atoms with van der Waals surface area (Å²) in [5.74, 6) is 0.705. The normalized spacial score (nSPS) is 26.7. The lowest BCUT2D eigenvalue weighted by Gasteiger charge is -2.14. The molecule has 1 rings (SSSR count). The predicted octanol–water partition coefficient (Wildman–Crippen LogP) is 0.641. The molecule has 1 fully saturated rings. The Labute approximate surface area is 67.9 Å². The van der Waals surface area contributed by atoms with E-state index in [-0.39, 0.29) is 6.10 Å². The van der Waals surface area contributed by atoms with Crippen LogP contribution < -0.4 is 0 Å². The second-order valence-electron chi connectivity index (χ2n) is 3.52. The standard InChI is InChI=1S/C8H17NO2/c1-7(2)3-4-9-5-8(10)6-11-9/h7-8,10H,3-6H2,1-2H3/t8-/m1/s1. The quantitative estimate of drug-likeness (QED) is 0.656. The summed E-state index contributed by atoms with van der Waals surface area (Å²) in [4.78, 5) is 5.20. The fraction of sp³-hybridized carbons (Fsp3) is 1.00. The molecule has 0 amide bonds. The minimum absolute atomic E-state index is 0.276. The fourth-order valence-electron chi connectivity index (χ4n) is 1.09. The minimum Gasteiger partial charge on any atom is -0.389 e. The predicted molar refractivity (Wildman–Crippen MR) is 43.0 cm³/mol. The summed E-state index contributed by atoms with van der Waals surface area (Å²) >= 11 is 0. The van der Waals surface area contributed by atoms with E-state index in [0.29, 0.717) is 19.1 Å². The third kappa shape index (κ3) is 3.18. The number of aliphatic hydroxyl groups excluding tert-OH is 1. The molecule has 0 radical (unpaired) electrons. The molecule has 3 heteroatoms. The van der Waals surface area contributed by atoms with Crippen molar-refractivity contribution in [2.45, 2.75) is 26.4 Å². The van der Waals surface area contributed by atoms with Gasteiger partial charge in [-0.2, -0.15) is 5.06 Å². The number of hydrogen-bond acceptors (Lipinski definition) is 3. The van der Waals surface area contributed by atoms with Crippen LogP contribution in [0.2, 0.25) is 0 Å². The summed E-state index contributed by atoms with van der Waals surface area (Å²) in [6.07, 6.45) is 0.856. The second kappa shape index (κ2) is 4.04. The molecule has 3 nitrogen and oxygen atoms in total. The molecule has 0 spiro atoms. The summed E-state index contributed by atoms with van der Waals surface area (Å²) in [6.45, 7) is 6.46. The van der Waals surface area contributed by atoms with Crippen LogP contribution in [0.5, 0.6) is 0 Å². The zero-order valence-corrected chi connectivity index (χ0v) is 7.29. The van der Waals surface area contributed by atoms with Crippen molar-refractivity contribution in [1.82, 2.24) is 5.06 Å². The van der Waals surface area contributed by atoms with Gasteiger partial charge < -0.3 is 5.11 Å². The van der Waals surface area contributed by atoms with Gasteiger partial charge in [-0.15, -0.1) is 0 Å². The molecule has 66 valence electrons. The van der Waals surface area contributed by atoms with Gasteiger partial charge in [-0.25, -0.2) is 0 Å². The van der Waals surface area contributed by atoms with Gasteiger partial charge in [0.2, 0.25) is 0 Å². The first-order chi connectivity index (χ1) is 5.18. The molecule has 0 unspecified atom stereocenters. The summed E-state index contributed by atoms with van der Waals surface area (Å²) in [7, 11) is 0. The van der Waals surface area contributed by atoms with E-state index in [4.69, 9.17) is 9.94 Å². The van der Waals surface area contributed by atoms with Crippen molar-refractivity contribution in [3.63, 3.8) is 0 Å². The van der Waals surface area contributed by atoms with Crippen LogP contribution in [-0.4, -0.2) is 36.0 Å². The summed E-state index contributed by atoms with van der Waals surface area (Å²) < 4.78 is 0. The van der Waals surface area contributed by atoms with Crippen LogP contribution >= 0.6 is 0 Å². The average Bonchev–Trinajstić information content (AvgIpc) is 2.31. The Morgan fingerprint density at radius 2 is 2.36 bits per heavy atom. The van der Waals surface area contributed by atoms with Crippen LogP contribution in [-0.2, 0) is 4.84 Å². The third-order valence-electron chi connectivity index (χ3n) is 1.82. The van der Waals surface area contributed by atoms with Crippen LogP contribution in [0.15, 0.2) is 0 Å². The summed E-state index contributed by atoms with van der Waals surface area (Å²) in [6, 6.07) is 0. The molecule has 0 aromatic rings. The topological polar surface area (TPSA) is 32.7 Å². The van der Waals surface area contributed by atoms with Crippen LogP contribution in [0.25, 0.3) is 0 Å². The third-order valence-corrected chi connectivity index (χ3v) is 1.82. The van der Waals surface area contributed by atoms with Gasteiger partial charge >= 0.3 is 0 Å². The van der Waals surface area contributed by atoms with Gasteiger partial charge in [-0.1, -0.05) is 13.8 Å². The van der Waals surface area contributed by atoms with Gasteiger partial charge in [0.15, 0.2) is 0 Å². The number of hydroxylamine groups is 2. The lowest BCUT2D eigenvalue weighted by Crippen LogP contribution is -2.23. The number of rotatable bonds is 3. The van der Waals surface area contributed by atoms with Crippen molar-refractivity contribution in [2.24, 2.45) is 5.92 Å². The highest BCUT2D eigenvalue weighted by molar-refractivity contribution is 4.64. The molecular weight excluding hydrogens is 142 g/mol. The van der Waals surface area contributed by atoms with Gasteiger partial charge in [0, 0.05) is 6.54 Å². The van der Waals surface area contributed by atoms with Crippen molar-refractivity contribution < 1.29 is 9.94 Å². The molecule has 1 aliphatic rings. The number of aliphatic hydroxyl groups is 1. The molecule has 0 aromatic carbocycles. The molecule has 11 heavy (non-hydrogen) atoms.